The van der Waals surface area contributed by atoms with E-state index in [2.05, 4.69) is 15.9 Å². The summed E-state index contributed by atoms with van der Waals surface area (Å²) in [5.41, 5.74) is 5.90. The Hall–Kier alpha value is 0.0500. The fourth-order valence-electron chi connectivity index (χ4n) is 1.92. The molecule has 2 unspecified atom stereocenters. The van der Waals surface area contributed by atoms with Crippen LogP contribution in [0.4, 0.5) is 0 Å². The van der Waals surface area contributed by atoms with Gasteiger partial charge in [-0.05, 0) is 39.7 Å². The van der Waals surface area contributed by atoms with E-state index in [9.17, 15) is 8.42 Å². The van der Waals surface area contributed by atoms with Crippen molar-refractivity contribution in [3.05, 3.63) is 15.9 Å². The summed E-state index contributed by atoms with van der Waals surface area (Å²) < 4.78 is 27.3. The van der Waals surface area contributed by atoms with Gasteiger partial charge in [0.05, 0.1) is 0 Å². The highest BCUT2D eigenvalue weighted by Crippen LogP contribution is 2.32. The molecule has 1 aromatic rings. The molecule has 2 rings (SSSR count). The van der Waals surface area contributed by atoms with Crippen LogP contribution in [0, 0.1) is 5.92 Å². The Morgan fingerprint density at radius 1 is 1.59 bits per heavy atom. The first-order valence-corrected chi connectivity index (χ1v) is 8.53. The highest BCUT2D eigenvalue weighted by Gasteiger charge is 2.33. The lowest BCUT2D eigenvalue weighted by molar-refractivity contribution is 0.250. The molecule has 17 heavy (non-hydrogen) atoms. The topological polar surface area (TPSA) is 63.4 Å². The maximum absolute atomic E-state index is 12.4. The number of piperidine rings is 1. The zero-order valence-electron chi connectivity index (χ0n) is 9.47. The van der Waals surface area contributed by atoms with Gasteiger partial charge in [0.25, 0.3) is 10.0 Å². The number of hydrogen-bond donors (Lipinski definition) is 1. The average Bonchev–Trinajstić information content (AvgIpc) is 2.69. The van der Waals surface area contributed by atoms with Gasteiger partial charge in [-0.1, -0.05) is 6.92 Å². The molecular weight excluding hydrogens is 324 g/mol. The number of sulfonamides is 1. The predicted octanol–water partition coefficient (Wildman–Crippen LogP) is 1.87. The second-order valence-corrected chi connectivity index (χ2v) is 8.25. The number of rotatable bonds is 2. The molecule has 96 valence electrons. The largest absolute Gasteiger partial charge is 0.327 e. The van der Waals surface area contributed by atoms with Gasteiger partial charge in [0, 0.05) is 23.6 Å². The lowest BCUT2D eigenvalue weighted by Gasteiger charge is -2.33. The third-order valence-corrected chi connectivity index (χ3v) is 7.61. The highest BCUT2D eigenvalue weighted by molar-refractivity contribution is 9.10. The molecule has 0 aliphatic carbocycles. The van der Waals surface area contributed by atoms with E-state index >= 15 is 0 Å². The molecule has 0 bridgehead atoms. The van der Waals surface area contributed by atoms with E-state index in [0.717, 1.165) is 6.42 Å². The van der Waals surface area contributed by atoms with Gasteiger partial charge >= 0.3 is 0 Å². The van der Waals surface area contributed by atoms with Crippen molar-refractivity contribution in [1.29, 1.82) is 0 Å². The molecule has 1 saturated heterocycles. The van der Waals surface area contributed by atoms with Crippen molar-refractivity contribution >= 4 is 37.3 Å². The fraction of sp³-hybridized carbons (Fsp3) is 0.600. The summed E-state index contributed by atoms with van der Waals surface area (Å²) in [5.74, 6) is 0.206. The van der Waals surface area contributed by atoms with Crippen LogP contribution in [0.3, 0.4) is 0 Å². The molecule has 0 radical (unpaired) electrons. The van der Waals surface area contributed by atoms with Gasteiger partial charge in [0.2, 0.25) is 0 Å². The fourth-order valence-corrected chi connectivity index (χ4v) is 5.93. The van der Waals surface area contributed by atoms with Crippen LogP contribution in [0.5, 0.6) is 0 Å². The number of hydrogen-bond acceptors (Lipinski definition) is 4. The third-order valence-electron chi connectivity index (χ3n) is 3.09. The lowest BCUT2D eigenvalue weighted by atomic mass is 9.96. The summed E-state index contributed by atoms with van der Waals surface area (Å²) in [4.78, 5) is 0. The smallest absolute Gasteiger partial charge is 0.253 e. The summed E-state index contributed by atoms with van der Waals surface area (Å²) in [6.45, 7) is 3.02. The normalized spacial score (nSPS) is 27.2. The van der Waals surface area contributed by atoms with E-state index in [0.29, 0.717) is 21.8 Å². The Labute approximate surface area is 114 Å². The van der Waals surface area contributed by atoms with Gasteiger partial charge in [-0.25, -0.2) is 8.42 Å². The molecule has 0 saturated carbocycles. The summed E-state index contributed by atoms with van der Waals surface area (Å²) >= 11 is 4.52. The van der Waals surface area contributed by atoms with Crippen molar-refractivity contribution in [2.45, 2.75) is 23.6 Å². The monoisotopic (exact) mass is 338 g/mol. The van der Waals surface area contributed by atoms with Gasteiger partial charge in [-0.2, -0.15) is 4.31 Å². The first-order valence-electron chi connectivity index (χ1n) is 5.41. The number of nitrogens with zero attached hydrogens (tertiary/aromatic N) is 1. The van der Waals surface area contributed by atoms with Gasteiger partial charge in [0.1, 0.15) is 4.21 Å². The predicted molar refractivity (Wildman–Crippen MR) is 72.5 cm³/mol. The number of halogens is 1. The average molecular weight is 339 g/mol. The minimum absolute atomic E-state index is 0.105. The minimum atomic E-state index is -3.36. The Morgan fingerprint density at radius 3 is 2.82 bits per heavy atom. The highest BCUT2D eigenvalue weighted by atomic mass is 79.9. The molecule has 2 N–H and O–H groups in total. The molecule has 2 atom stereocenters. The number of nitrogens with two attached hydrogens (primary N) is 1. The van der Waals surface area contributed by atoms with E-state index in [1.54, 1.807) is 11.4 Å². The Morgan fingerprint density at radius 2 is 2.29 bits per heavy atom. The zero-order valence-corrected chi connectivity index (χ0v) is 12.7. The standard InChI is InChI=1S/C10H15BrN2O2S2/c1-7-6-13(4-2-9(7)12)17(14,15)10-8(11)3-5-16-10/h3,5,7,9H,2,4,6,12H2,1H3. The maximum atomic E-state index is 12.4. The second kappa shape index (κ2) is 4.97. The molecule has 7 heteroatoms. The molecule has 1 aromatic heterocycles. The van der Waals surface area contributed by atoms with Gasteiger partial charge < -0.3 is 5.73 Å². The number of thiophene rings is 1. The van der Waals surface area contributed by atoms with Crippen LogP contribution in [0.25, 0.3) is 0 Å². The molecule has 0 spiro atoms. The van der Waals surface area contributed by atoms with E-state index < -0.39 is 10.0 Å². The van der Waals surface area contributed by atoms with Crippen molar-refractivity contribution in [1.82, 2.24) is 4.31 Å². The summed E-state index contributed by atoms with van der Waals surface area (Å²) in [6, 6.07) is 1.87. The van der Waals surface area contributed by atoms with Crippen molar-refractivity contribution in [3.63, 3.8) is 0 Å². The third kappa shape index (κ3) is 2.58. The molecule has 1 aliphatic rings. The van der Waals surface area contributed by atoms with E-state index in [1.807, 2.05) is 6.92 Å². The molecule has 0 aromatic carbocycles. The van der Waals surface area contributed by atoms with Crippen LogP contribution in [-0.2, 0) is 10.0 Å². The van der Waals surface area contributed by atoms with Crippen LogP contribution in [0.2, 0.25) is 0 Å². The molecule has 2 heterocycles. The Kier molecular flexibility index (Phi) is 3.94. The van der Waals surface area contributed by atoms with Crippen molar-refractivity contribution < 1.29 is 8.42 Å². The SMILES string of the molecule is CC1CN(S(=O)(=O)c2sccc2Br)CCC1N. The lowest BCUT2D eigenvalue weighted by Crippen LogP contribution is -2.47. The van der Waals surface area contributed by atoms with E-state index in [1.165, 1.54) is 15.6 Å². The second-order valence-electron chi connectivity index (χ2n) is 4.35. The molecule has 1 fully saturated rings. The van der Waals surface area contributed by atoms with Crippen LogP contribution >= 0.6 is 27.3 Å². The van der Waals surface area contributed by atoms with Crippen molar-refractivity contribution in [2.75, 3.05) is 13.1 Å². The first-order chi connectivity index (χ1) is 7.93. The first kappa shape index (κ1) is 13.5. The van der Waals surface area contributed by atoms with Crippen LogP contribution in [0.15, 0.2) is 20.1 Å². The van der Waals surface area contributed by atoms with Crippen molar-refractivity contribution in [3.8, 4) is 0 Å². The van der Waals surface area contributed by atoms with Gasteiger partial charge in [-0.3, -0.25) is 0 Å². The van der Waals surface area contributed by atoms with Crippen LogP contribution < -0.4 is 5.73 Å². The van der Waals surface area contributed by atoms with Crippen molar-refractivity contribution in [2.24, 2.45) is 11.7 Å². The van der Waals surface area contributed by atoms with Gasteiger partial charge in [0.15, 0.2) is 0 Å². The summed E-state index contributed by atoms with van der Waals surface area (Å²) in [5, 5.41) is 1.77. The molecule has 1 aliphatic heterocycles. The van der Waals surface area contributed by atoms with Gasteiger partial charge in [-0.15, -0.1) is 11.3 Å². The molecular formula is C10H15BrN2O2S2. The summed E-state index contributed by atoms with van der Waals surface area (Å²) in [7, 11) is -3.36. The van der Waals surface area contributed by atoms with Crippen LogP contribution in [-0.4, -0.2) is 31.9 Å². The minimum Gasteiger partial charge on any atom is -0.327 e. The van der Waals surface area contributed by atoms with E-state index in [4.69, 9.17) is 5.73 Å². The maximum Gasteiger partial charge on any atom is 0.253 e. The van der Waals surface area contributed by atoms with Crippen LogP contribution in [0.1, 0.15) is 13.3 Å². The Balaban J connectivity index is 2.26. The Bertz CT molecular complexity index is 500. The summed E-state index contributed by atoms with van der Waals surface area (Å²) in [6.07, 6.45) is 0.726. The molecule has 4 nitrogen and oxygen atoms in total. The molecule has 0 amide bonds. The zero-order chi connectivity index (χ0) is 12.6. The van der Waals surface area contributed by atoms with E-state index in [-0.39, 0.29) is 12.0 Å². The quantitative estimate of drug-likeness (QED) is 0.895.